The van der Waals surface area contributed by atoms with Gasteiger partial charge in [0.2, 0.25) is 0 Å². The summed E-state index contributed by atoms with van der Waals surface area (Å²) in [5.74, 6) is 0.920. The predicted octanol–water partition coefficient (Wildman–Crippen LogP) is -0.487. The normalized spacial score (nSPS) is 28.6. The van der Waals surface area contributed by atoms with Gasteiger partial charge in [0, 0.05) is 0 Å². The van der Waals surface area contributed by atoms with Crippen LogP contribution in [-0.2, 0) is 0 Å². The van der Waals surface area contributed by atoms with Gasteiger partial charge in [-0.3, -0.25) is 10.4 Å². The molecule has 0 aromatic rings. The summed E-state index contributed by atoms with van der Waals surface area (Å²) in [5.41, 5.74) is 4.76. The van der Waals surface area contributed by atoms with Crippen LogP contribution < -0.4 is 11.1 Å². The molecule has 0 amide bonds. The van der Waals surface area contributed by atoms with Gasteiger partial charge >= 0.3 is 0 Å². The largest absolute Gasteiger partial charge is 0.332 e. The van der Waals surface area contributed by atoms with Gasteiger partial charge in [0.05, 0.1) is 6.34 Å². The Morgan fingerprint density at radius 1 is 1.57 bits per heavy atom. The molecule has 0 fully saturated rings. The Hall–Kier alpha value is -1.56. The zero-order valence-electron chi connectivity index (χ0n) is 7.70. The Morgan fingerprint density at radius 2 is 2.43 bits per heavy atom. The Morgan fingerprint density at radius 3 is 3.21 bits per heavy atom. The van der Waals surface area contributed by atoms with Crippen molar-refractivity contribution in [2.45, 2.75) is 18.4 Å². The summed E-state index contributed by atoms with van der Waals surface area (Å²) in [4.78, 5) is 12.2. The van der Waals surface area contributed by atoms with Crippen LogP contribution in [-0.4, -0.2) is 36.4 Å². The first kappa shape index (κ1) is 9.01. The maximum atomic E-state index is 7.77. The molecule has 4 N–H and O–H groups in total. The zero-order chi connectivity index (χ0) is 10.0. The number of hydrogen-bond acceptors (Lipinski definition) is 5. The fraction of sp³-hybridized carbons (Fsp3) is 0.500. The number of nitrogens with one attached hydrogen (secondary N) is 2. The summed E-state index contributed by atoms with van der Waals surface area (Å²) >= 11 is 0. The molecule has 2 rings (SSSR count). The van der Waals surface area contributed by atoms with Crippen LogP contribution in [0.15, 0.2) is 15.0 Å². The van der Waals surface area contributed by atoms with E-state index in [0.29, 0.717) is 18.8 Å². The molecule has 0 spiro atoms. The van der Waals surface area contributed by atoms with Crippen LogP contribution in [0.2, 0.25) is 0 Å². The predicted molar refractivity (Wildman–Crippen MR) is 56.3 cm³/mol. The first-order valence-corrected chi connectivity index (χ1v) is 4.50. The monoisotopic (exact) mass is 192 g/mol. The molecule has 0 bridgehead atoms. The molecular formula is C8H12N6. The van der Waals surface area contributed by atoms with E-state index in [9.17, 15) is 0 Å². The molecule has 74 valence electrons. The van der Waals surface area contributed by atoms with Crippen molar-refractivity contribution in [3.63, 3.8) is 0 Å². The maximum Gasteiger partial charge on any atom is 0.178 e. The van der Waals surface area contributed by atoms with Crippen LogP contribution in [0.1, 0.15) is 12.8 Å². The van der Waals surface area contributed by atoms with Gasteiger partial charge in [-0.2, -0.15) is 0 Å². The van der Waals surface area contributed by atoms with Crippen LogP contribution in [0.25, 0.3) is 0 Å². The third-order valence-electron chi connectivity index (χ3n) is 2.39. The van der Waals surface area contributed by atoms with Crippen LogP contribution >= 0.6 is 0 Å². The van der Waals surface area contributed by atoms with Crippen molar-refractivity contribution >= 4 is 24.3 Å². The van der Waals surface area contributed by atoms with E-state index in [-0.39, 0.29) is 5.84 Å². The Kier molecular flexibility index (Phi) is 2.12. The van der Waals surface area contributed by atoms with Crippen molar-refractivity contribution in [1.82, 2.24) is 5.32 Å². The molecule has 2 heterocycles. The van der Waals surface area contributed by atoms with Gasteiger partial charge < -0.3 is 11.1 Å². The highest BCUT2D eigenvalue weighted by Gasteiger charge is 2.43. The van der Waals surface area contributed by atoms with E-state index in [0.717, 1.165) is 6.42 Å². The third-order valence-corrected chi connectivity index (χ3v) is 2.39. The lowest BCUT2D eigenvalue weighted by Gasteiger charge is -2.26. The van der Waals surface area contributed by atoms with Gasteiger partial charge in [-0.1, -0.05) is 0 Å². The number of rotatable bonds is 3. The maximum absolute atomic E-state index is 7.77. The fourth-order valence-corrected chi connectivity index (χ4v) is 1.61. The molecule has 0 radical (unpaired) electrons. The van der Waals surface area contributed by atoms with E-state index in [4.69, 9.17) is 11.1 Å². The van der Waals surface area contributed by atoms with Crippen LogP contribution in [0, 0.1) is 5.41 Å². The van der Waals surface area contributed by atoms with E-state index in [2.05, 4.69) is 20.3 Å². The van der Waals surface area contributed by atoms with Crippen LogP contribution in [0.5, 0.6) is 0 Å². The van der Waals surface area contributed by atoms with E-state index in [1.807, 2.05) is 0 Å². The summed E-state index contributed by atoms with van der Waals surface area (Å²) in [5, 5.41) is 10.7. The minimum Gasteiger partial charge on any atom is -0.332 e. The second-order valence-corrected chi connectivity index (χ2v) is 3.23. The van der Waals surface area contributed by atoms with Crippen molar-refractivity contribution < 1.29 is 0 Å². The second-order valence-electron chi connectivity index (χ2n) is 3.23. The summed E-state index contributed by atoms with van der Waals surface area (Å²) in [6, 6.07) is 0. The highest BCUT2D eigenvalue weighted by Crippen LogP contribution is 2.25. The molecule has 2 aliphatic heterocycles. The number of nitrogens with zero attached hydrogens (tertiary/aromatic N) is 3. The van der Waals surface area contributed by atoms with Crippen molar-refractivity contribution in [3.05, 3.63) is 0 Å². The summed E-state index contributed by atoms with van der Waals surface area (Å²) < 4.78 is 0. The topological polar surface area (TPSA) is 99.0 Å². The van der Waals surface area contributed by atoms with Gasteiger partial charge in [-0.15, -0.1) is 0 Å². The van der Waals surface area contributed by atoms with Crippen molar-refractivity contribution in [1.29, 1.82) is 5.41 Å². The van der Waals surface area contributed by atoms with E-state index in [1.54, 1.807) is 6.34 Å². The van der Waals surface area contributed by atoms with Gasteiger partial charge in [-0.25, -0.2) is 9.98 Å². The summed E-state index contributed by atoms with van der Waals surface area (Å²) in [6.07, 6.45) is 4.43. The molecule has 0 saturated heterocycles. The zero-order valence-corrected chi connectivity index (χ0v) is 7.70. The molecule has 0 aromatic heterocycles. The highest BCUT2D eigenvalue weighted by molar-refractivity contribution is 6.24. The molecule has 0 aliphatic carbocycles. The Balaban J connectivity index is 2.28. The molecule has 1 unspecified atom stereocenters. The van der Waals surface area contributed by atoms with Crippen molar-refractivity contribution in [2.75, 3.05) is 6.54 Å². The number of amidine groups is 2. The number of fused-ring (bicyclic) bond motifs is 1. The van der Waals surface area contributed by atoms with Crippen molar-refractivity contribution in [2.24, 2.45) is 20.7 Å². The number of aliphatic imine (C=N–C) groups is 3. The molecule has 6 heteroatoms. The first-order chi connectivity index (χ1) is 6.79. The quantitative estimate of drug-likeness (QED) is 0.562. The molecule has 2 aliphatic rings. The van der Waals surface area contributed by atoms with Crippen molar-refractivity contribution in [3.8, 4) is 0 Å². The lowest BCUT2D eigenvalue weighted by atomic mass is 9.91. The lowest BCUT2D eigenvalue weighted by Crippen LogP contribution is -2.47. The van der Waals surface area contributed by atoms with Gasteiger partial charge in [-0.05, 0) is 19.4 Å². The number of nitrogens with two attached hydrogens (primary N) is 1. The third kappa shape index (κ3) is 1.15. The molecule has 0 saturated carbocycles. The second kappa shape index (κ2) is 3.30. The molecule has 1 atom stereocenters. The SMILES string of the molecule is N=C1N=CN=C2NC=NC12CCCN. The van der Waals surface area contributed by atoms with Gasteiger partial charge in [0.15, 0.2) is 11.4 Å². The molecular weight excluding hydrogens is 180 g/mol. The van der Waals surface area contributed by atoms with Gasteiger partial charge in [0.25, 0.3) is 0 Å². The highest BCUT2D eigenvalue weighted by atomic mass is 15.2. The van der Waals surface area contributed by atoms with E-state index in [1.165, 1.54) is 6.34 Å². The Bertz CT molecular complexity index is 342. The minimum atomic E-state index is -0.686. The summed E-state index contributed by atoms with van der Waals surface area (Å²) in [7, 11) is 0. The van der Waals surface area contributed by atoms with Gasteiger partial charge in [0.1, 0.15) is 12.2 Å². The Labute approximate surface area is 81.5 Å². The summed E-state index contributed by atoms with van der Waals surface area (Å²) in [6.45, 7) is 0.585. The fourth-order valence-electron chi connectivity index (χ4n) is 1.61. The van der Waals surface area contributed by atoms with E-state index < -0.39 is 5.54 Å². The number of hydrogen-bond donors (Lipinski definition) is 3. The minimum absolute atomic E-state index is 0.234. The first-order valence-electron chi connectivity index (χ1n) is 4.50. The smallest absolute Gasteiger partial charge is 0.178 e. The van der Waals surface area contributed by atoms with E-state index >= 15 is 0 Å². The molecule has 0 aromatic carbocycles. The molecule has 6 nitrogen and oxygen atoms in total. The standard InChI is InChI=1S/C8H12N6/c9-3-1-2-8-6(10)11-4-12-7(8)13-5-14-8/h4-5H,1-3,9H2,(H2,10,11,12,13,14). The lowest BCUT2D eigenvalue weighted by molar-refractivity contribution is 0.624. The average Bonchev–Trinajstić information content (AvgIpc) is 2.61. The average molecular weight is 192 g/mol. The van der Waals surface area contributed by atoms with Crippen LogP contribution in [0.4, 0.5) is 0 Å². The van der Waals surface area contributed by atoms with Crippen LogP contribution in [0.3, 0.4) is 0 Å². The molecule has 14 heavy (non-hydrogen) atoms.